The van der Waals surface area contributed by atoms with Crippen molar-refractivity contribution in [1.29, 1.82) is 0 Å². The van der Waals surface area contributed by atoms with Gasteiger partial charge in [-0.3, -0.25) is 9.59 Å². The molecule has 0 atom stereocenters. The molecule has 1 heterocycles. The highest BCUT2D eigenvalue weighted by Crippen LogP contribution is 2.46. The van der Waals surface area contributed by atoms with Crippen LogP contribution in [0.1, 0.15) is 25.7 Å². The summed E-state index contributed by atoms with van der Waals surface area (Å²) in [6.45, 7) is 1.74. The van der Waals surface area contributed by atoms with Crippen LogP contribution in [0, 0.1) is 11.3 Å². The first-order valence-electron chi connectivity index (χ1n) is 5.88. The normalized spacial score (nSPS) is 24.2. The average Bonchev–Trinajstić information content (AvgIpc) is 3.09. The Labute approximate surface area is 95.1 Å². The highest BCUT2D eigenvalue weighted by Gasteiger charge is 2.50. The maximum Gasteiger partial charge on any atom is 0.230 e. The molecule has 16 heavy (non-hydrogen) atoms. The number of amides is 2. The predicted molar refractivity (Wildman–Crippen MR) is 59.2 cm³/mol. The van der Waals surface area contributed by atoms with Gasteiger partial charge in [-0.2, -0.15) is 0 Å². The number of rotatable bonds is 3. The molecule has 0 spiro atoms. The van der Waals surface area contributed by atoms with Crippen LogP contribution >= 0.6 is 0 Å². The average molecular weight is 225 g/mol. The Morgan fingerprint density at radius 1 is 1.25 bits per heavy atom. The predicted octanol–water partition coefficient (Wildman–Crippen LogP) is -0.551. The van der Waals surface area contributed by atoms with Crippen molar-refractivity contribution in [3.63, 3.8) is 0 Å². The minimum Gasteiger partial charge on any atom is -0.369 e. The first-order chi connectivity index (χ1) is 7.59. The van der Waals surface area contributed by atoms with E-state index in [0.29, 0.717) is 32.5 Å². The zero-order chi connectivity index (χ0) is 11.8. The van der Waals surface area contributed by atoms with Crippen LogP contribution in [0.15, 0.2) is 0 Å². The molecule has 1 saturated carbocycles. The van der Waals surface area contributed by atoms with Crippen molar-refractivity contribution in [2.45, 2.75) is 25.7 Å². The molecule has 0 unspecified atom stereocenters. The topological polar surface area (TPSA) is 89.4 Å². The Hall–Kier alpha value is -1.10. The van der Waals surface area contributed by atoms with Gasteiger partial charge in [0.15, 0.2) is 0 Å². The monoisotopic (exact) mass is 225 g/mol. The van der Waals surface area contributed by atoms with Crippen LogP contribution in [0.5, 0.6) is 0 Å². The Kier molecular flexibility index (Phi) is 2.88. The second kappa shape index (κ2) is 4.05. The molecule has 2 aliphatic rings. The molecular weight excluding hydrogens is 206 g/mol. The molecule has 0 aromatic rings. The van der Waals surface area contributed by atoms with Crippen molar-refractivity contribution >= 4 is 11.8 Å². The van der Waals surface area contributed by atoms with Crippen molar-refractivity contribution in [2.75, 3.05) is 19.6 Å². The number of piperidine rings is 1. The van der Waals surface area contributed by atoms with Gasteiger partial charge in [0.05, 0.1) is 5.41 Å². The van der Waals surface area contributed by atoms with E-state index in [1.54, 1.807) is 0 Å². The summed E-state index contributed by atoms with van der Waals surface area (Å²) in [6, 6.07) is 0. The van der Waals surface area contributed by atoms with Crippen molar-refractivity contribution < 1.29 is 9.59 Å². The summed E-state index contributed by atoms with van der Waals surface area (Å²) in [5, 5.41) is 0. The number of nitrogens with zero attached hydrogens (tertiary/aromatic N) is 1. The van der Waals surface area contributed by atoms with Crippen LogP contribution in [-0.4, -0.2) is 36.3 Å². The van der Waals surface area contributed by atoms with E-state index in [1.807, 2.05) is 4.90 Å². The number of primary amides is 1. The molecule has 2 fully saturated rings. The van der Waals surface area contributed by atoms with Gasteiger partial charge in [0.25, 0.3) is 0 Å². The Bertz CT molecular complexity index is 304. The fraction of sp³-hybridized carbons (Fsp3) is 0.818. The van der Waals surface area contributed by atoms with Gasteiger partial charge in [-0.1, -0.05) is 0 Å². The van der Waals surface area contributed by atoms with E-state index in [-0.39, 0.29) is 23.1 Å². The lowest BCUT2D eigenvalue weighted by Crippen LogP contribution is -2.46. The maximum atomic E-state index is 12.1. The first-order valence-corrected chi connectivity index (χ1v) is 5.88. The Morgan fingerprint density at radius 3 is 2.19 bits per heavy atom. The number of nitrogens with two attached hydrogens (primary N) is 2. The van der Waals surface area contributed by atoms with Gasteiger partial charge in [-0.15, -0.1) is 0 Å². The summed E-state index contributed by atoms with van der Waals surface area (Å²) < 4.78 is 0. The van der Waals surface area contributed by atoms with Gasteiger partial charge in [-0.25, -0.2) is 0 Å². The van der Waals surface area contributed by atoms with Gasteiger partial charge in [0.2, 0.25) is 11.8 Å². The van der Waals surface area contributed by atoms with Crippen LogP contribution < -0.4 is 11.5 Å². The van der Waals surface area contributed by atoms with Crippen LogP contribution in [0.2, 0.25) is 0 Å². The van der Waals surface area contributed by atoms with Crippen LogP contribution in [0.4, 0.5) is 0 Å². The smallest absolute Gasteiger partial charge is 0.230 e. The highest BCUT2D eigenvalue weighted by molar-refractivity contribution is 5.86. The van der Waals surface area contributed by atoms with Crippen LogP contribution in [0.25, 0.3) is 0 Å². The number of likely N-dealkylation sites (tertiary alicyclic amines) is 1. The molecule has 2 amide bonds. The second-order valence-electron chi connectivity index (χ2n) is 4.95. The summed E-state index contributed by atoms with van der Waals surface area (Å²) in [7, 11) is 0. The third-order valence-corrected chi connectivity index (χ3v) is 3.88. The largest absolute Gasteiger partial charge is 0.369 e. The van der Waals surface area contributed by atoms with Crippen molar-refractivity contribution in [3.05, 3.63) is 0 Å². The van der Waals surface area contributed by atoms with E-state index in [1.165, 1.54) is 0 Å². The van der Waals surface area contributed by atoms with Crippen molar-refractivity contribution in [1.82, 2.24) is 4.90 Å². The van der Waals surface area contributed by atoms with Gasteiger partial charge in [0, 0.05) is 25.6 Å². The molecule has 1 saturated heterocycles. The minimum absolute atomic E-state index is 0.0583. The SMILES string of the molecule is NCC1(C(=O)N2CCC(C(N)=O)CC2)CC1. The van der Waals surface area contributed by atoms with Gasteiger partial charge < -0.3 is 16.4 Å². The maximum absolute atomic E-state index is 12.1. The summed E-state index contributed by atoms with van der Waals surface area (Å²) in [6.07, 6.45) is 3.22. The zero-order valence-electron chi connectivity index (χ0n) is 9.45. The van der Waals surface area contributed by atoms with Gasteiger partial charge >= 0.3 is 0 Å². The third-order valence-electron chi connectivity index (χ3n) is 3.88. The minimum atomic E-state index is -0.264. The lowest BCUT2D eigenvalue weighted by molar-refractivity contribution is -0.139. The summed E-state index contributed by atoms with van der Waals surface area (Å²) >= 11 is 0. The standard InChI is InChI=1S/C11H19N3O2/c12-7-11(3-4-11)10(16)14-5-1-8(2-6-14)9(13)15/h8H,1-7,12H2,(H2,13,15). The summed E-state index contributed by atoms with van der Waals surface area (Å²) in [5.74, 6) is -0.123. The zero-order valence-corrected chi connectivity index (χ0v) is 9.45. The quantitative estimate of drug-likeness (QED) is 0.675. The molecule has 0 aromatic carbocycles. The lowest BCUT2D eigenvalue weighted by Gasteiger charge is -2.33. The van der Waals surface area contributed by atoms with Crippen molar-refractivity contribution in [3.8, 4) is 0 Å². The second-order valence-corrected chi connectivity index (χ2v) is 4.95. The van der Waals surface area contributed by atoms with E-state index < -0.39 is 0 Å². The van der Waals surface area contributed by atoms with E-state index in [9.17, 15) is 9.59 Å². The molecule has 0 aromatic heterocycles. The van der Waals surface area contributed by atoms with E-state index >= 15 is 0 Å². The number of carbonyl (C=O) groups excluding carboxylic acids is 2. The van der Waals surface area contributed by atoms with Crippen molar-refractivity contribution in [2.24, 2.45) is 22.8 Å². The molecule has 0 radical (unpaired) electrons. The number of carbonyl (C=O) groups is 2. The molecule has 0 bridgehead atoms. The molecular formula is C11H19N3O2. The Morgan fingerprint density at radius 2 is 1.81 bits per heavy atom. The Balaban J connectivity index is 1.89. The molecule has 1 aliphatic carbocycles. The molecule has 2 rings (SSSR count). The molecule has 4 N–H and O–H groups in total. The molecule has 5 heteroatoms. The fourth-order valence-corrected chi connectivity index (χ4v) is 2.36. The van der Waals surface area contributed by atoms with Gasteiger partial charge in [-0.05, 0) is 25.7 Å². The fourth-order valence-electron chi connectivity index (χ4n) is 2.36. The molecule has 1 aliphatic heterocycles. The summed E-state index contributed by atoms with van der Waals surface area (Å²) in [4.78, 5) is 25.0. The molecule has 5 nitrogen and oxygen atoms in total. The van der Waals surface area contributed by atoms with E-state index in [2.05, 4.69) is 0 Å². The third kappa shape index (κ3) is 1.91. The lowest BCUT2D eigenvalue weighted by atomic mass is 9.94. The highest BCUT2D eigenvalue weighted by atomic mass is 16.2. The van der Waals surface area contributed by atoms with Gasteiger partial charge in [0.1, 0.15) is 0 Å². The van der Waals surface area contributed by atoms with Crippen LogP contribution in [0.3, 0.4) is 0 Å². The van der Waals surface area contributed by atoms with E-state index in [4.69, 9.17) is 11.5 Å². The summed E-state index contributed by atoms with van der Waals surface area (Å²) in [5.41, 5.74) is 10.6. The first kappa shape index (κ1) is 11.4. The number of hydrogen-bond acceptors (Lipinski definition) is 3. The number of hydrogen-bond donors (Lipinski definition) is 2. The van der Waals surface area contributed by atoms with Crippen LogP contribution in [-0.2, 0) is 9.59 Å². The molecule has 90 valence electrons. The van der Waals surface area contributed by atoms with E-state index in [0.717, 1.165) is 12.8 Å².